The largest absolute Gasteiger partial charge is 0.497 e. The average molecular weight is 301 g/mol. The van der Waals surface area contributed by atoms with Crippen LogP contribution >= 0.6 is 0 Å². The minimum absolute atomic E-state index is 0.168. The lowest BCUT2D eigenvalue weighted by atomic mass is 10.1. The van der Waals surface area contributed by atoms with Crippen molar-refractivity contribution in [1.82, 2.24) is 5.32 Å². The van der Waals surface area contributed by atoms with E-state index in [2.05, 4.69) is 5.32 Å². The highest BCUT2D eigenvalue weighted by atomic mass is 19.1. The van der Waals surface area contributed by atoms with E-state index in [1.54, 1.807) is 37.4 Å². The van der Waals surface area contributed by atoms with Gasteiger partial charge in [0.05, 0.1) is 13.7 Å². The molecule has 3 rings (SSSR count). The van der Waals surface area contributed by atoms with Crippen LogP contribution in [0, 0.1) is 5.82 Å². The Kier molecular flexibility index (Phi) is 3.96. The first-order chi connectivity index (χ1) is 10.7. The number of ether oxygens (including phenoxy) is 2. The molecule has 1 aliphatic rings. The summed E-state index contributed by atoms with van der Waals surface area (Å²) in [5, 5.41) is 2.83. The minimum atomic E-state index is -0.273. The van der Waals surface area contributed by atoms with Crippen molar-refractivity contribution in [1.29, 1.82) is 0 Å². The second-order valence-corrected chi connectivity index (χ2v) is 5.13. The predicted molar refractivity (Wildman–Crippen MR) is 79.8 cm³/mol. The third-order valence-corrected chi connectivity index (χ3v) is 3.61. The van der Waals surface area contributed by atoms with Gasteiger partial charge in [0.15, 0.2) is 0 Å². The molecule has 0 aromatic heterocycles. The van der Waals surface area contributed by atoms with Gasteiger partial charge in [-0.3, -0.25) is 4.79 Å². The SMILES string of the molecule is COc1ccc(C(=O)NCC2Cc3cc(F)ccc3O2)cc1. The molecule has 114 valence electrons. The Morgan fingerprint density at radius 2 is 2.09 bits per heavy atom. The van der Waals surface area contributed by atoms with Gasteiger partial charge in [0, 0.05) is 17.5 Å². The zero-order chi connectivity index (χ0) is 15.5. The van der Waals surface area contributed by atoms with Gasteiger partial charge in [0.25, 0.3) is 5.91 Å². The molecule has 0 saturated carbocycles. The highest BCUT2D eigenvalue weighted by molar-refractivity contribution is 5.94. The van der Waals surface area contributed by atoms with E-state index in [9.17, 15) is 9.18 Å². The monoisotopic (exact) mass is 301 g/mol. The van der Waals surface area contributed by atoms with Gasteiger partial charge in [-0.15, -0.1) is 0 Å². The number of nitrogens with one attached hydrogen (secondary N) is 1. The fourth-order valence-corrected chi connectivity index (χ4v) is 2.45. The van der Waals surface area contributed by atoms with Gasteiger partial charge in [0.2, 0.25) is 0 Å². The molecule has 0 aliphatic carbocycles. The van der Waals surface area contributed by atoms with Crippen LogP contribution in [0.3, 0.4) is 0 Å². The molecule has 4 nitrogen and oxygen atoms in total. The predicted octanol–water partition coefficient (Wildman–Crippen LogP) is 2.57. The fraction of sp³-hybridized carbons (Fsp3) is 0.235. The lowest BCUT2D eigenvalue weighted by Crippen LogP contribution is -2.34. The molecule has 1 heterocycles. The van der Waals surface area contributed by atoms with Crippen LogP contribution in [0.5, 0.6) is 11.5 Å². The summed E-state index contributed by atoms with van der Waals surface area (Å²) in [4.78, 5) is 12.1. The van der Waals surface area contributed by atoms with Gasteiger partial charge in [-0.25, -0.2) is 4.39 Å². The molecule has 0 saturated heterocycles. The quantitative estimate of drug-likeness (QED) is 0.944. The molecule has 0 spiro atoms. The van der Waals surface area contributed by atoms with Crippen LogP contribution in [-0.4, -0.2) is 25.7 Å². The Morgan fingerprint density at radius 1 is 1.32 bits per heavy atom. The summed E-state index contributed by atoms with van der Waals surface area (Å²) >= 11 is 0. The lowest BCUT2D eigenvalue weighted by Gasteiger charge is -2.12. The lowest BCUT2D eigenvalue weighted by molar-refractivity contribution is 0.0933. The average Bonchev–Trinajstić information content (AvgIpc) is 2.94. The van der Waals surface area contributed by atoms with E-state index in [1.165, 1.54) is 12.1 Å². The van der Waals surface area contributed by atoms with Gasteiger partial charge in [-0.1, -0.05) is 0 Å². The summed E-state index contributed by atoms with van der Waals surface area (Å²) < 4.78 is 23.9. The molecular weight excluding hydrogens is 285 g/mol. The number of fused-ring (bicyclic) bond motifs is 1. The smallest absolute Gasteiger partial charge is 0.251 e. The Labute approximate surface area is 127 Å². The van der Waals surface area contributed by atoms with E-state index < -0.39 is 0 Å². The number of hydrogen-bond donors (Lipinski definition) is 1. The molecule has 1 N–H and O–H groups in total. The number of benzene rings is 2. The van der Waals surface area contributed by atoms with E-state index in [0.29, 0.717) is 30.0 Å². The molecule has 2 aromatic rings. The molecule has 0 radical (unpaired) electrons. The zero-order valence-corrected chi connectivity index (χ0v) is 12.1. The first kappa shape index (κ1) is 14.4. The highest BCUT2D eigenvalue weighted by Crippen LogP contribution is 2.28. The van der Waals surface area contributed by atoms with E-state index in [1.807, 2.05) is 0 Å². The third kappa shape index (κ3) is 3.03. The summed E-state index contributed by atoms with van der Waals surface area (Å²) in [6.07, 6.45) is 0.426. The normalized spacial score (nSPS) is 15.8. The van der Waals surface area contributed by atoms with Crippen molar-refractivity contribution in [2.75, 3.05) is 13.7 Å². The number of amides is 1. The number of hydrogen-bond acceptors (Lipinski definition) is 3. The van der Waals surface area contributed by atoms with Crippen molar-refractivity contribution in [2.45, 2.75) is 12.5 Å². The highest BCUT2D eigenvalue weighted by Gasteiger charge is 2.23. The van der Waals surface area contributed by atoms with Crippen LogP contribution in [0.4, 0.5) is 4.39 Å². The Balaban J connectivity index is 1.56. The molecule has 0 bridgehead atoms. The number of methoxy groups -OCH3 is 1. The zero-order valence-electron chi connectivity index (χ0n) is 12.1. The summed E-state index contributed by atoms with van der Waals surface area (Å²) in [6.45, 7) is 0.376. The van der Waals surface area contributed by atoms with Gasteiger partial charge >= 0.3 is 0 Å². The number of rotatable bonds is 4. The van der Waals surface area contributed by atoms with E-state index in [4.69, 9.17) is 9.47 Å². The maximum atomic E-state index is 13.2. The molecule has 0 fully saturated rings. The molecule has 1 amide bonds. The molecule has 1 atom stereocenters. The van der Waals surface area contributed by atoms with E-state index >= 15 is 0 Å². The minimum Gasteiger partial charge on any atom is -0.497 e. The molecule has 2 aromatic carbocycles. The van der Waals surface area contributed by atoms with Crippen molar-refractivity contribution in [2.24, 2.45) is 0 Å². The first-order valence-electron chi connectivity index (χ1n) is 7.03. The molecule has 22 heavy (non-hydrogen) atoms. The second kappa shape index (κ2) is 6.05. The van der Waals surface area contributed by atoms with Crippen LogP contribution in [-0.2, 0) is 6.42 Å². The Bertz CT molecular complexity index is 685. The fourth-order valence-electron chi connectivity index (χ4n) is 2.45. The second-order valence-electron chi connectivity index (χ2n) is 5.13. The van der Waals surface area contributed by atoms with Crippen molar-refractivity contribution < 1.29 is 18.7 Å². The standard InChI is InChI=1S/C17H16FNO3/c1-21-14-5-2-11(3-6-14)17(20)19-10-15-9-12-8-13(18)4-7-16(12)22-15/h2-8,15H,9-10H2,1H3,(H,19,20). The van der Waals surface area contributed by atoms with E-state index in [0.717, 1.165) is 5.56 Å². The molecule has 1 unspecified atom stereocenters. The van der Waals surface area contributed by atoms with Gasteiger partial charge in [-0.2, -0.15) is 0 Å². The van der Waals surface area contributed by atoms with Gasteiger partial charge < -0.3 is 14.8 Å². The topological polar surface area (TPSA) is 47.6 Å². The molecule has 5 heteroatoms. The Hall–Kier alpha value is -2.56. The summed E-state index contributed by atoms with van der Waals surface area (Å²) in [5.74, 6) is 0.942. The van der Waals surface area contributed by atoms with Crippen molar-refractivity contribution in [3.63, 3.8) is 0 Å². The summed E-state index contributed by atoms with van der Waals surface area (Å²) in [7, 11) is 1.58. The van der Waals surface area contributed by atoms with E-state index in [-0.39, 0.29) is 17.8 Å². The molecular formula is C17H16FNO3. The van der Waals surface area contributed by atoms with Crippen LogP contribution in [0.1, 0.15) is 15.9 Å². The van der Waals surface area contributed by atoms with Crippen molar-refractivity contribution >= 4 is 5.91 Å². The molecule has 1 aliphatic heterocycles. The number of halogens is 1. The van der Waals surface area contributed by atoms with Crippen LogP contribution in [0.15, 0.2) is 42.5 Å². The van der Waals surface area contributed by atoms with Crippen molar-refractivity contribution in [3.8, 4) is 11.5 Å². The van der Waals surface area contributed by atoms with Gasteiger partial charge in [-0.05, 0) is 42.5 Å². The maximum Gasteiger partial charge on any atom is 0.251 e. The third-order valence-electron chi connectivity index (χ3n) is 3.61. The summed E-state index contributed by atoms with van der Waals surface area (Å²) in [5.41, 5.74) is 1.39. The summed E-state index contributed by atoms with van der Waals surface area (Å²) in [6, 6.07) is 11.3. The number of carbonyl (C=O) groups excluding carboxylic acids is 1. The van der Waals surface area contributed by atoms with Crippen LogP contribution in [0.25, 0.3) is 0 Å². The van der Waals surface area contributed by atoms with Gasteiger partial charge in [0.1, 0.15) is 23.4 Å². The Morgan fingerprint density at radius 3 is 2.82 bits per heavy atom. The van der Waals surface area contributed by atoms with Crippen molar-refractivity contribution in [3.05, 3.63) is 59.4 Å². The van der Waals surface area contributed by atoms with Crippen LogP contribution in [0.2, 0.25) is 0 Å². The maximum absolute atomic E-state index is 13.2. The van der Waals surface area contributed by atoms with Crippen LogP contribution < -0.4 is 14.8 Å². The first-order valence-corrected chi connectivity index (χ1v) is 7.03. The number of carbonyl (C=O) groups is 1.